The number of hydrogen-bond acceptors (Lipinski definition) is 3. The van der Waals surface area contributed by atoms with Crippen molar-refractivity contribution in [1.82, 2.24) is 5.43 Å². The fraction of sp³-hybridized carbons (Fsp3) is 0.0714. The number of benzene rings is 2. The number of nitrogens with one attached hydrogen (secondary N) is 2. The van der Waals surface area contributed by atoms with Crippen molar-refractivity contribution in [3.8, 4) is 5.75 Å². The minimum Gasteiger partial charge on any atom is -0.495 e. The Labute approximate surface area is 126 Å². The van der Waals surface area contributed by atoms with Crippen molar-refractivity contribution in [2.45, 2.75) is 0 Å². The Balaban J connectivity index is 2.20. The van der Waals surface area contributed by atoms with Gasteiger partial charge in [-0.3, -0.25) is 5.43 Å². The highest BCUT2D eigenvalue weighted by Crippen LogP contribution is 2.27. The number of rotatable bonds is 3. The molecule has 2 aromatic rings. The molecule has 104 valence electrons. The van der Waals surface area contributed by atoms with E-state index in [1.54, 1.807) is 7.11 Å². The first kappa shape index (κ1) is 14.4. The minimum atomic E-state index is 0.445. The zero-order valence-electron chi connectivity index (χ0n) is 10.9. The molecule has 0 unspecified atom stereocenters. The molecule has 0 heterocycles. The minimum absolute atomic E-state index is 0.445. The van der Waals surface area contributed by atoms with E-state index >= 15 is 0 Å². The summed E-state index contributed by atoms with van der Waals surface area (Å²) < 4.78 is 6.12. The first-order valence-corrected chi connectivity index (χ1v) is 6.73. The second-order valence-electron chi connectivity index (χ2n) is 3.91. The topological polar surface area (TPSA) is 71.7 Å². The Morgan fingerprint density at radius 2 is 1.95 bits per heavy atom. The van der Waals surface area contributed by atoms with Crippen molar-refractivity contribution in [3.05, 3.63) is 53.0 Å². The van der Waals surface area contributed by atoms with Crippen molar-refractivity contribution in [2.75, 3.05) is 12.4 Å². The molecule has 6 heteroatoms. The number of methoxy groups -OCH3 is 1. The molecular formula is C14H15BrN4O. The van der Waals surface area contributed by atoms with E-state index in [0.29, 0.717) is 5.96 Å². The van der Waals surface area contributed by atoms with Gasteiger partial charge in [-0.05, 0) is 40.2 Å². The van der Waals surface area contributed by atoms with Crippen molar-refractivity contribution in [2.24, 2.45) is 10.8 Å². The Morgan fingerprint density at radius 1 is 1.20 bits per heavy atom. The summed E-state index contributed by atoms with van der Waals surface area (Å²) in [5.74, 6) is 6.66. The number of nitrogens with zero attached hydrogens (tertiary/aromatic N) is 1. The van der Waals surface area contributed by atoms with Crippen LogP contribution in [0.2, 0.25) is 0 Å². The lowest BCUT2D eigenvalue weighted by molar-refractivity contribution is 0.412. The third-order valence-electron chi connectivity index (χ3n) is 2.55. The van der Waals surface area contributed by atoms with Gasteiger partial charge in [0.25, 0.3) is 0 Å². The number of anilines is 1. The molecule has 0 fully saturated rings. The van der Waals surface area contributed by atoms with Gasteiger partial charge in [0.15, 0.2) is 0 Å². The van der Waals surface area contributed by atoms with Crippen LogP contribution in [-0.2, 0) is 0 Å². The quantitative estimate of drug-likeness (QED) is 0.349. The van der Waals surface area contributed by atoms with Crippen LogP contribution in [0.5, 0.6) is 5.75 Å². The summed E-state index contributed by atoms with van der Waals surface area (Å²) in [6, 6.07) is 15.2. The fourth-order valence-electron chi connectivity index (χ4n) is 1.60. The zero-order chi connectivity index (χ0) is 14.4. The van der Waals surface area contributed by atoms with E-state index in [1.807, 2.05) is 48.5 Å². The van der Waals surface area contributed by atoms with Gasteiger partial charge in [-0.2, -0.15) is 0 Å². The van der Waals surface area contributed by atoms with Crippen LogP contribution in [0.3, 0.4) is 0 Å². The molecular weight excluding hydrogens is 320 g/mol. The van der Waals surface area contributed by atoms with Crippen LogP contribution in [0.15, 0.2) is 58.0 Å². The van der Waals surface area contributed by atoms with Crippen molar-refractivity contribution in [3.63, 3.8) is 0 Å². The van der Waals surface area contributed by atoms with Gasteiger partial charge in [0.1, 0.15) is 5.75 Å². The molecule has 0 saturated heterocycles. The Bertz CT molecular complexity index is 601. The predicted octanol–water partition coefficient (Wildman–Crippen LogP) is 3.02. The summed E-state index contributed by atoms with van der Waals surface area (Å²) in [5.41, 5.74) is 4.16. The van der Waals surface area contributed by atoms with E-state index < -0.39 is 0 Å². The summed E-state index contributed by atoms with van der Waals surface area (Å²) in [6.45, 7) is 0. The zero-order valence-corrected chi connectivity index (χ0v) is 12.5. The average Bonchev–Trinajstić information content (AvgIpc) is 2.49. The normalized spacial score (nSPS) is 11.1. The maximum absolute atomic E-state index is 5.49. The SMILES string of the molecule is COc1cc(NC(=Nc2ccccc2)NN)ccc1Br. The van der Waals surface area contributed by atoms with Gasteiger partial charge in [0, 0.05) is 11.8 Å². The molecule has 0 spiro atoms. The van der Waals surface area contributed by atoms with Gasteiger partial charge in [0.2, 0.25) is 5.96 Å². The van der Waals surface area contributed by atoms with Crippen LogP contribution >= 0.6 is 15.9 Å². The lowest BCUT2D eigenvalue weighted by atomic mass is 10.3. The van der Waals surface area contributed by atoms with Gasteiger partial charge in [-0.15, -0.1) is 0 Å². The van der Waals surface area contributed by atoms with E-state index in [0.717, 1.165) is 21.6 Å². The number of aliphatic imine (C=N–C) groups is 1. The monoisotopic (exact) mass is 334 g/mol. The molecule has 4 N–H and O–H groups in total. The largest absolute Gasteiger partial charge is 0.495 e. The molecule has 0 radical (unpaired) electrons. The number of hydrazine groups is 1. The lowest BCUT2D eigenvalue weighted by Crippen LogP contribution is -2.35. The van der Waals surface area contributed by atoms with Crippen molar-refractivity contribution in [1.29, 1.82) is 0 Å². The van der Waals surface area contributed by atoms with Crippen LogP contribution in [0.4, 0.5) is 11.4 Å². The molecule has 0 aromatic heterocycles. The van der Waals surface area contributed by atoms with E-state index in [2.05, 4.69) is 31.7 Å². The number of ether oxygens (including phenoxy) is 1. The Kier molecular flexibility index (Phi) is 4.97. The smallest absolute Gasteiger partial charge is 0.215 e. The summed E-state index contributed by atoms with van der Waals surface area (Å²) >= 11 is 3.40. The van der Waals surface area contributed by atoms with E-state index in [4.69, 9.17) is 10.6 Å². The van der Waals surface area contributed by atoms with Gasteiger partial charge >= 0.3 is 0 Å². The van der Waals surface area contributed by atoms with E-state index in [1.165, 1.54) is 0 Å². The first-order valence-electron chi connectivity index (χ1n) is 5.94. The highest BCUT2D eigenvalue weighted by molar-refractivity contribution is 9.10. The standard InChI is InChI=1S/C14H15BrN4O/c1-20-13-9-11(7-8-12(13)15)18-14(19-16)17-10-5-3-2-4-6-10/h2-9H,16H2,1H3,(H2,17,18,19). The molecule has 0 bridgehead atoms. The third kappa shape index (κ3) is 3.72. The maximum atomic E-state index is 5.49. The number of hydrogen-bond donors (Lipinski definition) is 3. The van der Waals surface area contributed by atoms with Crippen LogP contribution < -0.4 is 21.3 Å². The first-order chi connectivity index (χ1) is 9.72. The molecule has 2 rings (SSSR count). The van der Waals surface area contributed by atoms with E-state index in [-0.39, 0.29) is 0 Å². The molecule has 0 aliphatic heterocycles. The highest BCUT2D eigenvalue weighted by atomic mass is 79.9. The van der Waals surface area contributed by atoms with Crippen LogP contribution in [0.1, 0.15) is 0 Å². The summed E-state index contributed by atoms with van der Waals surface area (Å²) in [7, 11) is 1.62. The maximum Gasteiger partial charge on any atom is 0.215 e. The average molecular weight is 335 g/mol. The molecule has 0 saturated carbocycles. The highest BCUT2D eigenvalue weighted by Gasteiger charge is 2.03. The van der Waals surface area contributed by atoms with E-state index in [9.17, 15) is 0 Å². The van der Waals surface area contributed by atoms with Crippen molar-refractivity contribution < 1.29 is 4.74 Å². The number of halogens is 1. The fourth-order valence-corrected chi connectivity index (χ4v) is 2.01. The van der Waals surface area contributed by atoms with Gasteiger partial charge in [-0.1, -0.05) is 18.2 Å². The van der Waals surface area contributed by atoms with Gasteiger partial charge in [0.05, 0.1) is 17.3 Å². The number of para-hydroxylation sites is 1. The Morgan fingerprint density at radius 3 is 2.60 bits per heavy atom. The molecule has 2 aromatic carbocycles. The second kappa shape index (κ2) is 6.93. The summed E-state index contributed by atoms with van der Waals surface area (Å²) in [6.07, 6.45) is 0. The predicted molar refractivity (Wildman–Crippen MR) is 85.2 cm³/mol. The second-order valence-corrected chi connectivity index (χ2v) is 4.77. The van der Waals surface area contributed by atoms with Crippen LogP contribution in [0.25, 0.3) is 0 Å². The van der Waals surface area contributed by atoms with Gasteiger partial charge < -0.3 is 10.1 Å². The molecule has 0 amide bonds. The molecule has 5 nitrogen and oxygen atoms in total. The lowest BCUT2D eigenvalue weighted by Gasteiger charge is -2.11. The summed E-state index contributed by atoms with van der Waals surface area (Å²) in [5, 5.41) is 3.09. The van der Waals surface area contributed by atoms with Gasteiger partial charge in [-0.25, -0.2) is 10.8 Å². The third-order valence-corrected chi connectivity index (χ3v) is 3.20. The van der Waals surface area contributed by atoms with Crippen LogP contribution in [0, 0.1) is 0 Å². The molecule has 0 aliphatic carbocycles. The Hall–Kier alpha value is -2.05. The van der Waals surface area contributed by atoms with Crippen molar-refractivity contribution >= 4 is 33.3 Å². The molecule has 0 aliphatic rings. The number of nitrogens with two attached hydrogens (primary N) is 1. The molecule has 0 atom stereocenters. The molecule has 20 heavy (non-hydrogen) atoms. The number of guanidine groups is 1. The summed E-state index contributed by atoms with van der Waals surface area (Å²) in [4.78, 5) is 4.37. The van der Waals surface area contributed by atoms with Crippen LogP contribution in [-0.4, -0.2) is 13.1 Å².